The maximum atomic E-state index is 12.2. The summed E-state index contributed by atoms with van der Waals surface area (Å²) in [4.78, 5) is 11.7. The van der Waals surface area contributed by atoms with Gasteiger partial charge in [-0.25, -0.2) is 0 Å². The lowest BCUT2D eigenvalue weighted by Crippen LogP contribution is -2.43. The van der Waals surface area contributed by atoms with Crippen molar-refractivity contribution in [3.63, 3.8) is 0 Å². The van der Waals surface area contributed by atoms with E-state index in [0.717, 1.165) is 10.9 Å². The summed E-state index contributed by atoms with van der Waals surface area (Å²) in [5.41, 5.74) is 0.246. The Bertz CT molecular complexity index is 455. The summed E-state index contributed by atoms with van der Waals surface area (Å²) >= 11 is 0. The van der Waals surface area contributed by atoms with Crippen molar-refractivity contribution in [2.75, 3.05) is 25.1 Å². The average molecular weight is 292 g/mol. The summed E-state index contributed by atoms with van der Waals surface area (Å²) in [5.74, 6) is -0.292. The largest absolute Gasteiger partial charge is 0.408 e. The van der Waals surface area contributed by atoms with Crippen molar-refractivity contribution in [2.45, 2.75) is 25.2 Å². The third-order valence-corrected chi connectivity index (χ3v) is 2.69. The highest BCUT2D eigenvalue weighted by molar-refractivity contribution is 5.90. The van der Waals surface area contributed by atoms with Gasteiger partial charge in [0.2, 0.25) is 5.91 Å². The first-order valence-corrected chi connectivity index (χ1v) is 6.12. The number of rotatable bonds is 4. The second-order valence-corrected chi connectivity index (χ2v) is 4.52. The van der Waals surface area contributed by atoms with Gasteiger partial charge in [0.25, 0.3) is 0 Å². The second-order valence-electron chi connectivity index (χ2n) is 4.52. The molecule has 2 heterocycles. The number of aromatic nitrogens is 2. The van der Waals surface area contributed by atoms with Crippen molar-refractivity contribution in [1.82, 2.24) is 15.1 Å². The highest BCUT2D eigenvalue weighted by Crippen LogP contribution is 2.18. The van der Waals surface area contributed by atoms with Gasteiger partial charge in [0, 0.05) is 25.2 Å². The molecule has 0 aliphatic carbocycles. The summed E-state index contributed by atoms with van der Waals surface area (Å²) in [6.45, 7) is 0.561. The van der Waals surface area contributed by atoms with Gasteiger partial charge in [-0.15, -0.1) is 0 Å². The number of carbonyl (C=O) groups is 1. The third kappa shape index (κ3) is 4.82. The van der Waals surface area contributed by atoms with E-state index < -0.39 is 12.7 Å². The number of morpholine rings is 1. The molecule has 0 bridgehead atoms. The molecule has 1 atom stereocenters. The molecule has 1 fully saturated rings. The van der Waals surface area contributed by atoms with Gasteiger partial charge >= 0.3 is 6.18 Å². The third-order valence-electron chi connectivity index (χ3n) is 2.69. The fourth-order valence-electron chi connectivity index (χ4n) is 1.88. The van der Waals surface area contributed by atoms with Crippen LogP contribution in [0.1, 0.15) is 6.42 Å². The summed E-state index contributed by atoms with van der Waals surface area (Å²) in [6.07, 6.45) is -1.80. The Balaban J connectivity index is 1.82. The second kappa shape index (κ2) is 6.23. The van der Waals surface area contributed by atoms with Crippen LogP contribution in [0.4, 0.5) is 18.9 Å². The van der Waals surface area contributed by atoms with Gasteiger partial charge in [0.1, 0.15) is 6.54 Å². The van der Waals surface area contributed by atoms with Crippen molar-refractivity contribution in [3.8, 4) is 0 Å². The standard InChI is InChI=1S/C11H15F3N4O2/c12-11(13,14)7-18-5-9(4-16-18)17-10(19)3-8-6-20-2-1-15-8/h4-5,8,15H,1-3,6-7H2,(H,17,19). The van der Waals surface area contributed by atoms with Crippen molar-refractivity contribution >= 4 is 11.6 Å². The summed E-state index contributed by atoms with van der Waals surface area (Å²) in [5, 5.41) is 9.17. The monoisotopic (exact) mass is 292 g/mol. The topological polar surface area (TPSA) is 68.2 Å². The molecule has 0 saturated carbocycles. The Morgan fingerprint density at radius 3 is 3.05 bits per heavy atom. The minimum Gasteiger partial charge on any atom is -0.378 e. The lowest BCUT2D eigenvalue weighted by Gasteiger charge is -2.23. The molecule has 2 rings (SSSR count). The lowest BCUT2D eigenvalue weighted by molar-refractivity contribution is -0.142. The smallest absolute Gasteiger partial charge is 0.378 e. The van der Waals surface area contributed by atoms with Crippen LogP contribution in [0, 0.1) is 0 Å². The van der Waals surface area contributed by atoms with Crippen LogP contribution in [0.15, 0.2) is 12.4 Å². The van der Waals surface area contributed by atoms with E-state index in [9.17, 15) is 18.0 Å². The molecular formula is C11H15F3N4O2. The van der Waals surface area contributed by atoms with Crippen molar-refractivity contribution in [1.29, 1.82) is 0 Å². The Hall–Kier alpha value is -1.61. The molecule has 112 valence electrons. The van der Waals surface area contributed by atoms with Crippen LogP contribution < -0.4 is 10.6 Å². The van der Waals surface area contributed by atoms with Gasteiger partial charge in [-0.05, 0) is 0 Å². The zero-order chi connectivity index (χ0) is 14.6. The fourth-order valence-corrected chi connectivity index (χ4v) is 1.88. The minimum atomic E-state index is -4.34. The van der Waals surface area contributed by atoms with E-state index in [4.69, 9.17) is 4.74 Å². The first-order chi connectivity index (χ1) is 9.42. The zero-order valence-corrected chi connectivity index (χ0v) is 10.6. The van der Waals surface area contributed by atoms with E-state index in [-0.39, 0.29) is 24.1 Å². The molecule has 20 heavy (non-hydrogen) atoms. The van der Waals surface area contributed by atoms with Crippen LogP contribution >= 0.6 is 0 Å². The lowest BCUT2D eigenvalue weighted by atomic mass is 10.2. The van der Waals surface area contributed by atoms with Crippen LogP contribution in [0.3, 0.4) is 0 Å². The molecule has 1 amide bonds. The highest BCUT2D eigenvalue weighted by Gasteiger charge is 2.28. The molecule has 1 saturated heterocycles. The SMILES string of the molecule is O=C(CC1COCCN1)Nc1cnn(CC(F)(F)F)c1. The number of halogens is 3. The van der Waals surface area contributed by atoms with Gasteiger partial charge < -0.3 is 15.4 Å². The van der Waals surface area contributed by atoms with Gasteiger partial charge in [-0.2, -0.15) is 18.3 Å². The van der Waals surface area contributed by atoms with E-state index in [1.54, 1.807) is 0 Å². The average Bonchev–Trinajstić information content (AvgIpc) is 2.75. The van der Waals surface area contributed by atoms with Crippen LogP contribution in [0.5, 0.6) is 0 Å². The van der Waals surface area contributed by atoms with Gasteiger partial charge in [-0.3, -0.25) is 9.48 Å². The molecular weight excluding hydrogens is 277 g/mol. The molecule has 9 heteroatoms. The number of carbonyl (C=O) groups excluding carboxylic acids is 1. The number of hydrogen-bond acceptors (Lipinski definition) is 4. The molecule has 2 N–H and O–H groups in total. The van der Waals surface area contributed by atoms with Crippen LogP contribution in [0.2, 0.25) is 0 Å². The Labute approximate surface area is 113 Å². The number of ether oxygens (including phenoxy) is 1. The van der Waals surface area contributed by atoms with Gasteiger partial charge in [-0.1, -0.05) is 0 Å². The molecule has 0 spiro atoms. The predicted octanol–water partition coefficient (Wildman–Crippen LogP) is 0.762. The molecule has 1 aliphatic rings. The molecule has 6 nitrogen and oxygen atoms in total. The number of amides is 1. The van der Waals surface area contributed by atoms with Gasteiger partial charge in [0.05, 0.1) is 25.1 Å². The minimum absolute atomic E-state index is 0.0750. The number of nitrogens with one attached hydrogen (secondary N) is 2. The quantitative estimate of drug-likeness (QED) is 0.860. The molecule has 1 aliphatic heterocycles. The maximum absolute atomic E-state index is 12.2. The molecule has 0 radical (unpaired) electrons. The summed E-state index contributed by atoms with van der Waals surface area (Å²) < 4.78 is 42.4. The van der Waals surface area contributed by atoms with Crippen molar-refractivity contribution in [2.24, 2.45) is 0 Å². The predicted molar refractivity (Wildman–Crippen MR) is 64.1 cm³/mol. The van der Waals surface area contributed by atoms with Crippen LogP contribution in [0.25, 0.3) is 0 Å². The van der Waals surface area contributed by atoms with E-state index in [2.05, 4.69) is 15.7 Å². The van der Waals surface area contributed by atoms with Crippen molar-refractivity contribution in [3.05, 3.63) is 12.4 Å². The number of hydrogen-bond donors (Lipinski definition) is 2. The first kappa shape index (κ1) is 14.8. The Morgan fingerprint density at radius 1 is 1.60 bits per heavy atom. The highest BCUT2D eigenvalue weighted by atomic mass is 19.4. The molecule has 0 aromatic carbocycles. The van der Waals surface area contributed by atoms with E-state index in [1.165, 1.54) is 6.20 Å². The number of nitrogens with zero attached hydrogens (tertiary/aromatic N) is 2. The molecule has 1 aromatic heterocycles. The Morgan fingerprint density at radius 2 is 2.40 bits per heavy atom. The number of anilines is 1. The van der Waals surface area contributed by atoms with Crippen LogP contribution in [-0.4, -0.2) is 47.7 Å². The first-order valence-electron chi connectivity index (χ1n) is 6.12. The van der Waals surface area contributed by atoms with E-state index >= 15 is 0 Å². The van der Waals surface area contributed by atoms with E-state index in [0.29, 0.717) is 19.8 Å². The summed E-state index contributed by atoms with van der Waals surface area (Å²) in [6, 6.07) is -0.0750. The maximum Gasteiger partial charge on any atom is 0.408 e. The summed E-state index contributed by atoms with van der Waals surface area (Å²) in [7, 11) is 0. The van der Waals surface area contributed by atoms with Crippen LogP contribution in [-0.2, 0) is 16.1 Å². The van der Waals surface area contributed by atoms with Gasteiger partial charge in [0.15, 0.2) is 0 Å². The Kier molecular flexibility index (Phi) is 4.61. The van der Waals surface area contributed by atoms with Crippen molar-refractivity contribution < 1.29 is 22.7 Å². The normalized spacial score (nSPS) is 19.9. The molecule has 1 unspecified atom stereocenters. The van der Waals surface area contributed by atoms with E-state index in [1.807, 2.05) is 0 Å². The number of alkyl halides is 3. The fraction of sp³-hybridized carbons (Fsp3) is 0.636. The molecule has 1 aromatic rings. The zero-order valence-electron chi connectivity index (χ0n) is 10.6.